The van der Waals surface area contributed by atoms with E-state index in [0.717, 1.165) is 21.8 Å². The van der Waals surface area contributed by atoms with Crippen LogP contribution in [0.4, 0.5) is 5.69 Å². The molecule has 0 atom stereocenters. The predicted molar refractivity (Wildman–Crippen MR) is 84.6 cm³/mol. The number of nitrogens with zero attached hydrogens (tertiary/aromatic N) is 1. The lowest BCUT2D eigenvalue weighted by atomic mass is 10.0. The fourth-order valence-corrected chi connectivity index (χ4v) is 2.83. The van der Waals surface area contributed by atoms with Crippen molar-refractivity contribution in [2.24, 2.45) is 0 Å². The van der Waals surface area contributed by atoms with Crippen LogP contribution in [0.2, 0.25) is 0 Å². The van der Waals surface area contributed by atoms with Crippen molar-refractivity contribution in [2.75, 3.05) is 11.6 Å². The van der Waals surface area contributed by atoms with Crippen LogP contribution in [0.5, 0.6) is 0 Å². The van der Waals surface area contributed by atoms with Crippen molar-refractivity contribution in [3.8, 4) is 0 Å². The lowest BCUT2D eigenvalue weighted by Crippen LogP contribution is -2.15. The summed E-state index contributed by atoms with van der Waals surface area (Å²) >= 11 is 1.47. The Bertz CT molecular complexity index is 630. The Morgan fingerprint density at radius 1 is 1.20 bits per heavy atom. The smallest absolute Gasteiger partial charge is 0.258 e. The summed E-state index contributed by atoms with van der Waals surface area (Å²) < 4.78 is 0. The summed E-state index contributed by atoms with van der Waals surface area (Å²) in [5, 5.41) is 3.75. The number of carbonyl (C=O) groups excluding carboxylic acids is 1. The Hall–Kier alpha value is -1.81. The molecule has 20 heavy (non-hydrogen) atoms. The van der Waals surface area contributed by atoms with Gasteiger partial charge in [0.2, 0.25) is 0 Å². The third kappa shape index (κ3) is 3.02. The monoisotopic (exact) mass is 286 g/mol. The molecule has 0 unspecified atom stereocenters. The lowest BCUT2D eigenvalue weighted by molar-refractivity contribution is 0.102. The Morgan fingerprint density at radius 2 is 1.85 bits per heavy atom. The van der Waals surface area contributed by atoms with Gasteiger partial charge in [-0.15, -0.1) is 11.8 Å². The van der Waals surface area contributed by atoms with E-state index in [-0.39, 0.29) is 5.91 Å². The Labute approximate surface area is 123 Å². The normalized spacial score (nSPS) is 10.4. The highest BCUT2D eigenvalue weighted by Gasteiger charge is 2.14. The standard InChI is InChI=1S/C16H18N2OS/c1-10-8-11(2)14(12(3)9-10)18-15(19)13-6-5-7-17-16(13)20-4/h5-9H,1-4H3,(H,18,19). The molecule has 3 nitrogen and oxygen atoms in total. The number of pyridine rings is 1. The number of anilines is 1. The summed E-state index contributed by atoms with van der Waals surface area (Å²) in [7, 11) is 0. The summed E-state index contributed by atoms with van der Waals surface area (Å²) in [4.78, 5) is 16.6. The fourth-order valence-electron chi connectivity index (χ4n) is 2.28. The topological polar surface area (TPSA) is 42.0 Å². The summed E-state index contributed by atoms with van der Waals surface area (Å²) in [6.07, 6.45) is 3.62. The average Bonchev–Trinajstić information content (AvgIpc) is 2.42. The highest BCUT2D eigenvalue weighted by Crippen LogP contribution is 2.24. The molecule has 104 valence electrons. The third-order valence-electron chi connectivity index (χ3n) is 3.12. The molecule has 1 aromatic heterocycles. The number of aromatic nitrogens is 1. The Morgan fingerprint density at radius 3 is 2.45 bits per heavy atom. The van der Waals surface area contributed by atoms with Crippen LogP contribution in [-0.4, -0.2) is 17.1 Å². The first-order valence-electron chi connectivity index (χ1n) is 6.41. The largest absolute Gasteiger partial charge is 0.321 e. The van der Waals surface area contributed by atoms with Gasteiger partial charge in [-0.3, -0.25) is 4.79 Å². The van der Waals surface area contributed by atoms with Gasteiger partial charge in [-0.25, -0.2) is 4.98 Å². The Balaban J connectivity index is 2.33. The van der Waals surface area contributed by atoms with E-state index in [1.54, 1.807) is 18.3 Å². The maximum atomic E-state index is 12.4. The highest BCUT2D eigenvalue weighted by molar-refractivity contribution is 7.98. The van der Waals surface area contributed by atoms with Gasteiger partial charge in [0.1, 0.15) is 5.03 Å². The van der Waals surface area contributed by atoms with Gasteiger partial charge in [0.05, 0.1) is 5.56 Å². The molecule has 2 rings (SSSR count). The zero-order chi connectivity index (χ0) is 14.7. The van der Waals surface area contributed by atoms with Crippen molar-refractivity contribution in [2.45, 2.75) is 25.8 Å². The lowest BCUT2D eigenvalue weighted by Gasteiger charge is -2.13. The second kappa shape index (κ2) is 6.09. The summed E-state index contributed by atoms with van der Waals surface area (Å²) in [6.45, 7) is 6.07. The molecular formula is C16H18N2OS. The molecule has 0 aliphatic heterocycles. The van der Waals surface area contributed by atoms with Crippen LogP contribution < -0.4 is 5.32 Å². The van der Waals surface area contributed by atoms with Gasteiger partial charge in [0.25, 0.3) is 5.91 Å². The average molecular weight is 286 g/mol. The van der Waals surface area contributed by atoms with Crippen molar-refractivity contribution in [1.82, 2.24) is 4.98 Å². The van der Waals surface area contributed by atoms with E-state index >= 15 is 0 Å². The molecule has 1 N–H and O–H groups in total. The summed E-state index contributed by atoms with van der Waals surface area (Å²) in [6, 6.07) is 7.72. The first-order valence-corrected chi connectivity index (χ1v) is 7.63. The maximum Gasteiger partial charge on any atom is 0.258 e. The maximum absolute atomic E-state index is 12.4. The van der Waals surface area contributed by atoms with Crippen LogP contribution in [0, 0.1) is 20.8 Å². The Kier molecular flexibility index (Phi) is 4.45. The first-order chi connectivity index (χ1) is 9.52. The van der Waals surface area contributed by atoms with E-state index in [1.807, 2.05) is 20.1 Å². The molecule has 4 heteroatoms. The SMILES string of the molecule is CSc1ncccc1C(=O)Nc1c(C)cc(C)cc1C. The van der Waals surface area contributed by atoms with E-state index in [9.17, 15) is 4.79 Å². The summed E-state index contributed by atoms with van der Waals surface area (Å²) in [5.74, 6) is -0.113. The highest BCUT2D eigenvalue weighted by atomic mass is 32.2. The number of amides is 1. The molecule has 0 bridgehead atoms. The predicted octanol–water partition coefficient (Wildman–Crippen LogP) is 3.98. The fraction of sp³-hybridized carbons (Fsp3) is 0.250. The van der Waals surface area contributed by atoms with Crippen molar-refractivity contribution in [3.05, 3.63) is 52.7 Å². The van der Waals surface area contributed by atoms with E-state index in [0.29, 0.717) is 5.56 Å². The minimum Gasteiger partial charge on any atom is -0.321 e. The van der Waals surface area contributed by atoms with Crippen molar-refractivity contribution < 1.29 is 4.79 Å². The van der Waals surface area contributed by atoms with Crippen LogP contribution in [0.3, 0.4) is 0 Å². The number of carbonyl (C=O) groups is 1. The molecule has 0 radical (unpaired) electrons. The first kappa shape index (κ1) is 14.6. The van der Waals surface area contributed by atoms with Crippen LogP contribution >= 0.6 is 11.8 Å². The van der Waals surface area contributed by atoms with Crippen LogP contribution in [0.25, 0.3) is 0 Å². The van der Waals surface area contributed by atoms with E-state index in [1.165, 1.54) is 17.3 Å². The second-order valence-electron chi connectivity index (χ2n) is 4.79. The zero-order valence-corrected chi connectivity index (χ0v) is 13.0. The zero-order valence-electron chi connectivity index (χ0n) is 12.2. The number of rotatable bonds is 3. The molecule has 0 spiro atoms. The third-order valence-corrected chi connectivity index (χ3v) is 3.84. The van der Waals surface area contributed by atoms with Crippen LogP contribution in [-0.2, 0) is 0 Å². The van der Waals surface area contributed by atoms with Gasteiger partial charge in [-0.1, -0.05) is 17.7 Å². The van der Waals surface area contributed by atoms with Crippen molar-refractivity contribution in [3.63, 3.8) is 0 Å². The number of aryl methyl sites for hydroxylation is 3. The summed E-state index contributed by atoms with van der Waals surface area (Å²) in [5.41, 5.74) is 4.84. The van der Waals surface area contributed by atoms with Crippen molar-refractivity contribution >= 4 is 23.4 Å². The molecule has 1 aromatic carbocycles. The second-order valence-corrected chi connectivity index (χ2v) is 5.58. The van der Waals surface area contributed by atoms with Gasteiger partial charge in [-0.2, -0.15) is 0 Å². The van der Waals surface area contributed by atoms with Crippen molar-refractivity contribution in [1.29, 1.82) is 0 Å². The molecule has 0 saturated carbocycles. The van der Waals surface area contributed by atoms with Crippen LogP contribution in [0.15, 0.2) is 35.5 Å². The van der Waals surface area contributed by atoms with Crippen LogP contribution in [0.1, 0.15) is 27.0 Å². The minimum atomic E-state index is -0.113. The number of benzene rings is 1. The van der Waals surface area contributed by atoms with Gasteiger partial charge in [-0.05, 0) is 50.3 Å². The van der Waals surface area contributed by atoms with E-state index < -0.39 is 0 Å². The minimum absolute atomic E-state index is 0.113. The molecule has 0 fully saturated rings. The van der Waals surface area contributed by atoms with Gasteiger partial charge in [0.15, 0.2) is 0 Å². The molecule has 0 saturated heterocycles. The molecule has 1 heterocycles. The van der Waals surface area contributed by atoms with E-state index in [2.05, 4.69) is 29.4 Å². The number of hydrogen-bond acceptors (Lipinski definition) is 3. The van der Waals surface area contributed by atoms with Gasteiger partial charge >= 0.3 is 0 Å². The molecule has 1 amide bonds. The molecule has 0 aliphatic rings. The molecule has 0 aliphatic carbocycles. The quantitative estimate of drug-likeness (QED) is 0.868. The number of nitrogens with one attached hydrogen (secondary N) is 1. The van der Waals surface area contributed by atoms with Gasteiger partial charge in [0, 0.05) is 11.9 Å². The number of thioether (sulfide) groups is 1. The van der Waals surface area contributed by atoms with E-state index in [4.69, 9.17) is 0 Å². The number of hydrogen-bond donors (Lipinski definition) is 1. The molecule has 2 aromatic rings. The van der Waals surface area contributed by atoms with Gasteiger partial charge < -0.3 is 5.32 Å². The molecular weight excluding hydrogens is 268 g/mol.